The van der Waals surface area contributed by atoms with Gasteiger partial charge < -0.3 is 10.0 Å². The number of carbonyl (C=O) groups is 1. The second kappa shape index (κ2) is 5.99. The Bertz CT molecular complexity index is 415. The van der Waals surface area contributed by atoms with Crippen LogP contribution in [0.15, 0.2) is 16.3 Å². The molecule has 0 saturated carbocycles. The molecule has 3 nitrogen and oxygen atoms in total. The predicted octanol–water partition coefficient (Wildman–Crippen LogP) is 2.91. The summed E-state index contributed by atoms with van der Waals surface area (Å²) in [6, 6.07) is 1.51. The van der Waals surface area contributed by atoms with E-state index >= 15 is 0 Å². The third kappa shape index (κ3) is 4.55. The summed E-state index contributed by atoms with van der Waals surface area (Å²) >= 11 is 1.49. The van der Waals surface area contributed by atoms with Gasteiger partial charge in [0.05, 0.1) is 5.60 Å². The van der Waals surface area contributed by atoms with Crippen molar-refractivity contribution in [3.8, 4) is 0 Å². The zero-order valence-electron chi connectivity index (χ0n) is 10.3. The average Bonchev–Trinajstić information content (AvgIpc) is 2.60. The van der Waals surface area contributed by atoms with Crippen molar-refractivity contribution in [1.29, 1.82) is 0 Å². The van der Waals surface area contributed by atoms with Gasteiger partial charge in [-0.1, -0.05) is 11.8 Å². The molecule has 0 aliphatic heterocycles. The predicted molar refractivity (Wildman–Crippen MR) is 69.4 cm³/mol. The number of nitrogens with zero attached hydrogens (tertiary/aromatic N) is 1. The molecule has 1 heterocycles. The number of thioether (sulfide) groups is 1. The van der Waals surface area contributed by atoms with Gasteiger partial charge in [0.2, 0.25) is 0 Å². The summed E-state index contributed by atoms with van der Waals surface area (Å²) in [5.41, 5.74) is -1.02. The maximum atomic E-state index is 12.3. The Kier molecular flexibility index (Phi) is 5.12. The largest absolute Gasteiger partial charge is 0.389 e. The van der Waals surface area contributed by atoms with Gasteiger partial charge >= 0.3 is 0 Å². The smallest absolute Gasteiger partial charge is 0.288 e. The maximum absolute atomic E-state index is 12.3. The van der Waals surface area contributed by atoms with Crippen molar-refractivity contribution in [3.05, 3.63) is 16.3 Å². The standard InChI is InChI=1S/C11H15F2NO2S2/c1-11(2,16)6-14(3)9(15)8-7(4-5-17-8)18-10(12)13/h4-5,10,16H,6H2,1-3H3. The molecule has 1 N–H and O–H groups in total. The van der Waals surface area contributed by atoms with Gasteiger partial charge in [-0.3, -0.25) is 4.79 Å². The van der Waals surface area contributed by atoms with E-state index < -0.39 is 11.4 Å². The van der Waals surface area contributed by atoms with Crippen molar-refractivity contribution in [2.24, 2.45) is 0 Å². The Labute approximate surface area is 113 Å². The fourth-order valence-electron chi connectivity index (χ4n) is 1.47. The van der Waals surface area contributed by atoms with Crippen LogP contribution in [0.25, 0.3) is 0 Å². The molecule has 0 radical (unpaired) electrons. The SMILES string of the molecule is CN(CC(C)(C)O)C(=O)c1sccc1SC(F)F. The van der Waals surface area contributed by atoms with Crippen LogP contribution >= 0.6 is 23.1 Å². The Morgan fingerprint density at radius 2 is 2.22 bits per heavy atom. The molecule has 0 aliphatic carbocycles. The zero-order chi connectivity index (χ0) is 13.9. The Hall–Kier alpha value is -0.660. The number of halogens is 2. The summed E-state index contributed by atoms with van der Waals surface area (Å²) in [5, 5.41) is 11.2. The summed E-state index contributed by atoms with van der Waals surface area (Å²) in [6.45, 7) is 3.31. The van der Waals surface area contributed by atoms with Crippen molar-refractivity contribution < 1.29 is 18.7 Å². The van der Waals surface area contributed by atoms with Gasteiger partial charge in [0.25, 0.3) is 11.7 Å². The van der Waals surface area contributed by atoms with Gasteiger partial charge in [0.1, 0.15) is 4.88 Å². The molecule has 102 valence electrons. The molecular weight excluding hydrogens is 280 g/mol. The molecule has 0 unspecified atom stereocenters. The Balaban J connectivity index is 2.81. The molecule has 0 saturated heterocycles. The van der Waals surface area contributed by atoms with Crippen molar-refractivity contribution in [2.75, 3.05) is 13.6 Å². The molecular formula is C11H15F2NO2S2. The van der Waals surface area contributed by atoms with Gasteiger partial charge in [-0.2, -0.15) is 8.78 Å². The molecule has 0 fully saturated rings. The summed E-state index contributed by atoms with van der Waals surface area (Å²) in [5.74, 6) is -2.90. The zero-order valence-corrected chi connectivity index (χ0v) is 11.9. The van der Waals surface area contributed by atoms with E-state index in [9.17, 15) is 18.7 Å². The summed E-state index contributed by atoms with van der Waals surface area (Å²) < 4.78 is 24.6. The lowest BCUT2D eigenvalue weighted by molar-refractivity contribution is 0.0369. The van der Waals surface area contributed by atoms with Crippen molar-refractivity contribution in [1.82, 2.24) is 4.90 Å². The fraction of sp³-hybridized carbons (Fsp3) is 0.545. The fourth-order valence-corrected chi connectivity index (χ4v) is 3.16. The van der Waals surface area contributed by atoms with Crippen LogP contribution in [-0.4, -0.2) is 40.9 Å². The summed E-state index contributed by atoms with van der Waals surface area (Å²) in [4.78, 5) is 14.0. The highest BCUT2D eigenvalue weighted by Gasteiger charge is 2.24. The topological polar surface area (TPSA) is 40.5 Å². The van der Waals surface area contributed by atoms with Gasteiger partial charge in [-0.05, 0) is 25.3 Å². The lowest BCUT2D eigenvalue weighted by atomic mass is 10.1. The highest BCUT2D eigenvalue weighted by molar-refractivity contribution is 7.99. The van der Waals surface area contributed by atoms with Crippen molar-refractivity contribution in [2.45, 2.75) is 30.1 Å². The monoisotopic (exact) mass is 295 g/mol. The number of thiophene rings is 1. The van der Waals surface area contributed by atoms with Crippen LogP contribution in [0, 0.1) is 0 Å². The minimum Gasteiger partial charge on any atom is -0.389 e. The number of alkyl halides is 2. The Morgan fingerprint density at radius 3 is 2.72 bits per heavy atom. The molecule has 0 aliphatic rings. The van der Waals surface area contributed by atoms with E-state index in [2.05, 4.69) is 0 Å². The van der Waals surface area contributed by atoms with E-state index in [0.717, 1.165) is 11.3 Å². The molecule has 1 rings (SSSR count). The van der Waals surface area contributed by atoms with E-state index in [4.69, 9.17) is 0 Å². The molecule has 0 bridgehead atoms. The van der Waals surface area contributed by atoms with E-state index in [1.165, 1.54) is 18.0 Å². The third-order valence-corrected chi connectivity index (χ3v) is 3.81. The first-order chi connectivity index (χ1) is 8.20. The minimum atomic E-state index is -2.55. The van der Waals surface area contributed by atoms with Gasteiger partial charge in [-0.25, -0.2) is 0 Å². The van der Waals surface area contributed by atoms with Gasteiger partial charge in [-0.15, -0.1) is 11.3 Å². The second-order valence-corrected chi connectivity index (χ2v) is 6.41. The number of carbonyl (C=O) groups excluding carboxylic acids is 1. The van der Waals surface area contributed by atoms with Gasteiger partial charge in [0, 0.05) is 18.5 Å². The molecule has 0 spiro atoms. The maximum Gasteiger partial charge on any atom is 0.288 e. The number of likely N-dealkylation sites (N-methyl/N-ethyl adjacent to an activating group) is 1. The van der Waals surface area contributed by atoms with Crippen LogP contribution in [0.1, 0.15) is 23.5 Å². The normalized spacial score (nSPS) is 11.9. The molecule has 1 aromatic rings. The van der Waals surface area contributed by atoms with Crippen molar-refractivity contribution in [3.63, 3.8) is 0 Å². The first kappa shape index (κ1) is 15.4. The van der Waals surface area contributed by atoms with E-state index in [0.29, 0.717) is 11.8 Å². The highest BCUT2D eigenvalue weighted by atomic mass is 32.2. The number of hydrogen-bond acceptors (Lipinski definition) is 4. The van der Waals surface area contributed by atoms with Crippen LogP contribution in [-0.2, 0) is 0 Å². The van der Waals surface area contributed by atoms with Crippen LogP contribution < -0.4 is 0 Å². The summed E-state index contributed by atoms with van der Waals surface area (Å²) in [7, 11) is 1.54. The van der Waals surface area contributed by atoms with Crippen LogP contribution in [0.4, 0.5) is 8.78 Å². The molecule has 1 aromatic heterocycles. The van der Waals surface area contributed by atoms with Crippen LogP contribution in [0.2, 0.25) is 0 Å². The van der Waals surface area contributed by atoms with E-state index in [-0.39, 0.29) is 22.2 Å². The van der Waals surface area contributed by atoms with Crippen LogP contribution in [0.5, 0.6) is 0 Å². The minimum absolute atomic E-state index is 0.141. The first-order valence-electron chi connectivity index (χ1n) is 5.21. The molecule has 18 heavy (non-hydrogen) atoms. The summed E-state index contributed by atoms with van der Waals surface area (Å²) in [6.07, 6.45) is 0. The second-order valence-electron chi connectivity index (χ2n) is 4.47. The number of hydrogen-bond donors (Lipinski definition) is 1. The van der Waals surface area contributed by atoms with E-state index in [1.807, 2.05) is 0 Å². The lowest BCUT2D eigenvalue weighted by Gasteiger charge is -2.25. The quantitative estimate of drug-likeness (QED) is 0.849. The number of aliphatic hydroxyl groups is 1. The molecule has 1 amide bonds. The number of amides is 1. The average molecular weight is 295 g/mol. The van der Waals surface area contributed by atoms with Crippen molar-refractivity contribution >= 4 is 29.0 Å². The molecule has 7 heteroatoms. The van der Waals surface area contributed by atoms with E-state index in [1.54, 1.807) is 19.2 Å². The lowest BCUT2D eigenvalue weighted by Crippen LogP contribution is -2.39. The number of rotatable bonds is 5. The molecule has 0 aromatic carbocycles. The van der Waals surface area contributed by atoms with Gasteiger partial charge in [0.15, 0.2) is 0 Å². The Morgan fingerprint density at radius 1 is 1.61 bits per heavy atom. The highest BCUT2D eigenvalue weighted by Crippen LogP contribution is 2.32. The molecule has 0 atom stereocenters. The first-order valence-corrected chi connectivity index (χ1v) is 6.97. The van der Waals surface area contributed by atoms with Crippen LogP contribution in [0.3, 0.4) is 0 Å². The third-order valence-electron chi connectivity index (χ3n) is 2.01.